The summed E-state index contributed by atoms with van der Waals surface area (Å²) < 4.78 is 9.97. The van der Waals surface area contributed by atoms with Gasteiger partial charge in [-0.05, 0) is 6.92 Å². The molecule has 9 nitrogen and oxygen atoms in total. The van der Waals surface area contributed by atoms with Crippen LogP contribution in [0, 0.1) is 6.92 Å². The van der Waals surface area contributed by atoms with Crippen LogP contribution in [0.25, 0.3) is 0 Å². The summed E-state index contributed by atoms with van der Waals surface area (Å²) in [5.41, 5.74) is 0.965. The van der Waals surface area contributed by atoms with E-state index < -0.39 is 0 Å². The summed E-state index contributed by atoms with van der Waals surface area (Å²) >= 11 is 0. The zero-order valence-corrected chi connectivity index (χ0v) is 16.1. The molecule has 0 radical (unpaired) electrons. The van der Waals surface area contributed by atoms with Gasteiger partial charge in [-0.1, -0.05) is 10.3 Å². The Morgan fingerprint density at radius 3 is 2.67 bits per heavy atom. The fourth-order valence-electron chi connectivity index (χ4n) is 2.56. The molecule has 0 aromatic carbocycles. The number of hydrogen-bond acceptors (Lipinski definition) is 7. The molecule has 1 N–H and O–H groups in total. The van der Waals surface area contributed by atoms with Crippen molar-refractivity contribution in [2.24, 2.45) is 4.99 Å². The maximum Gasteiger partial charge on any atom is 0.246 e. The third-order valence-electron chi connectivity index (χ3n) is 3.73. The summed E-state index contributed by atoms with van der Waals surface area (Å²) in [5.74, 6) is 2.05. The highest BCUT2D eigenvalue weighted by atomic mass is 127. The van der Waals surface area contributed by atoms with Crippen LogP contribution in [-0.2, 0) is 13.1 Å². The predicted molar refractivity (Wildman–Crippen MR) is 98.0 cm³/mol. The first-order valence-corrected chi connectivity index (χ1v) is 7.61. The van der Waals surface area contributed by atoms with E-state index in [1.807, 2.05) is 6.07 Å². The van der Waals surface area contributed by atoms with Gasteiger partial charge in [-0.25, -0.2) is 0 Å². The lowest BCUT2D eigenvalue weighted by Gasteiger charge is -2.36. The van der Waals surface area contributed by atoms with E-state index >= 15 is 0 Å². The first kappa shape index (κ1) is 18.6. The number of aliphatic imine (C=N–C) groups is 1. The van der Waals surface area contributed by atoms with Crippen LogP contribution in [0.1, 0.15) is 17.4 Å². The maximum absolute atomic E-state index is 5.10. The second-order valence-electron chi connectivity index (χ2n) is 5.39. The van der Waals surface area contributed by atoms with Crippen molar-refractivity contribution in [1.29, 1.82) is 0 Å². The Bertz CT molecular complexity index is 635. The minimum Gasteiger partial charge on any atom is -0.364 e. The fraction of sp³-hybridized carbons (Fsp3) is 0.571. The van der Waals surface area contributed by atoms with E-state index in [0.29, 0.717) is 18.3 Å². The Labute approximate surface area is 157 Å². The Kier molecular flexibility index (Phi) is 6.97. The highest BCUT2D eigenvalue weighted by molar-refractivity contribution is 14.0. The summed E-state index contributed by atoms with van der Waals surface area (Å²) in [4.78, 5) is 13.1. The molecule has 1 aliphatic heterocycles. The summed E-state index contributed by atoms with van der Waals surface area (Å²) in [6.07, 6.45) is 1.61. The standard InChI is InChI=1S/C14H21N7O2.HI/c1-11-17-13(23-18-11)9-16-14(15-2)21-6-4-20(5-7-21)10-12-3-8-22-19-12;/h3,8H,4-7,9-10H2,1-2H3,(H,15,16);1H. The summed E-state index contributed by atoms with van der Waals surface area (Å²) in [6.45, 7) is 6.81. The third-order valence-corrected chi connectivity index (χ3v) is 3.73. The van der Waals surface area contributed by atoms with Crippen LogP contribution in [0.4, 0.5) is 0 Å². The van der Waals surface area contributed by atoms with E-state index in [1.54, 1.807) is 20.2 Å². The van der Waals surface area contributed by atoms with Gasteiger partial charge in [0.15, 0.2) is 11.8 Å². The van der Waals surface area contributed by atoms with Gasteiger partial charge < -0.3 is 19.3 Å². The Hall–Kier alpha value is -1.69. The average molecular weight is 447 g/mol. The minimum absolute atomic E-state index is 0. The van der Waals surface area contributed by atoms with E-state index in [2.05, 4.69) is 35.4 Å². The van der Waals surface area contributed by atoms with Gasteiger partial charge in [0.1, 0.15) is 6.26 Å². The van der Waals surface area contributed by atoms with Crippen molar-refractivity contribution in [2.75, 3.05) is 33.2 Å². The topological polar surface area (TPSA) is 95.8 Å². The van der Waals surface area contributed by atoms with E-state index in [4.69, 9.17) is 9.05 Å². The lowest BCUT2D eigenvalue weighted by Crippen LogP contribution is -2.52. The van der Waals surface area contributed by atoms with Gasteiger partial charge in [0.2, 0.25) is 5.89 Å². The number of aromatic nitrogens is 3. The van der Waals surface area contributed by atoms with E-state index in [-0.39, 0.29) is 24.0 Å². The van der Waals surface area contributed by atoms with Crippen LogP contribution >= 0.6 is 24.0 Å². The molecule has 1 fully saturated rings. The Morgan fingerprint density at radius 1 is 1.29 bits per heavy atom. The monoisotopic (exact) mass is 447 g/mol. The molecule has 2 aromatic heterocycles. The molecule has 24 heavy (non-hydrogen) atoms. The normalized spacial score (nSPS) is 16.1. The highest BCUT2D eigenvalue weighted by Gasteiger charge is 2.20. The van der Waals surface area contributed by atoms with E-state index in [9.17, 15) is 0 Å². The van der Waals surface area contributed by atoms with Gasteiger partial charge in [-0.15, -0.1) is 24.0 Å². The van der Waals surface area contributed by atoms with Gasteiger partial charge in [0.25, 0.3) is 0 Å². The largest absolute Gasteiger partial charge is 0.364 e. The molecule has 0 aliphatic carbocycles. The predicted octanol–water partition coefficient (Wildman–Crippen LogP) is 0.877. The van der Waals surface area contributed by atoms with Crippen LogP contribution < -0.4 is 5.32 Å². The summed E-state index contributed by atoms with van der Waals surface area (Å²) in [7, 11) is 1.78. The molecular weight excluding hydrogens is 425 g/mol. The molecule has 2 aromatic rings. The van der Waals surface area contributed by atoms with Crippen molar-refractivity contribution < 1.29 is 9.05 Å². The second kappa shape index (κ2) is 8.97. The minimum atomic E-state index is 0. The van der Waals surface area contributed by atoms with Crippen molar-refractivity contribution in [2.45, 2.75) is 20.0 Å². The molecule has 0 spiro atoms. The summed E-state index contributed by atoms with van der Waals surface area (Å²) in [5, 5.41) is 11.0. The van der Waals surface area contributed by atoms with Crippen LogP contribution in [0.5, 0.6) is 0 Å². The van der Waals surface area contributed by atoms with E-state index in [1.165, 1.54) is 0 Å². The molecule has 10 heteroatoms. The number of hydrogen-bond donors (Lipinski definition) is 1. The number of halogens is 1. The van der Waals surface area contributed by atoms with Gasteiger partial charge in [-0.2, -0.15) is 4.98 Å². The molecule has 132 valence electrons. The number of nitrogens with zero attached hydrogens (tertiary/aromatic N) is 6. The smallest absolute Gasteiger partial charge is 0.246 e. The van der Waals surface area contributed by atoms with Gasteiger partial charge in [-0.3, -0.25) is 9.89 Å². The van der Waals surface area contributed by atoms with Crippen LogP contribution in [0.2, 0.25) is 0 Å². The van der Waals surface area contributed by atoms with Gasteiger partial charge in [0, 0.05) is 45.8 Å². The number of guanidine groups is 1. The third kappa shape index (κ3) is 4.90. The number of nitrogens with one attached hydrogen (secondary N) is 1. The van der Waals surface area contributed by atoms with Crippen molar-refractivity contribution >= 4 is 29.9 Å². The van der Waals surface area contributed by atoms with Gasteiger partial charge in [0.05, 0.1) is 12.2 Å². The SMILES string of the molecule is CN=C(NCc1nc(C)no1)N1CCN(Cc2ccon2)CC1.I. The average Bonchev–Trinajstić information content (AvgIpc) is 3.21. The summed E-state index contributed by atoms with van der Waals surface area (Å²) in [6, 6.07) is 1.90. The fourth-order valence-corrected chi connectivity index (χ4v) is 2.56. The lowest BCUT2D eigenvalue weighted by atomic mass is 10.3. The van der Waals surface area contributed by atoms with E-state index in [0.717, 1.165) is 44.4 Å². The van der Waals surface area contributed by atoms with Crippen molar-refractivity contribution in [3.05, 3.63) is 29.7 Å². The van der Waals surface area contributed by atoms with Crippen LogP contribution in [0.15, 0.2) is 26.4 Å². The van der Waals surface area contributed by atoms with Crippen LogP contribution in [-0.4, -0.2) is 64.3 Å². The molecular formula is C14H22IN7O2. The number of rotatable bonds is 4. The maximum atomic E-state index is 5.10. The molecule has 3 rings (SSSR count). The van der Waals surface area contributed by atoms with Crippen LogP contribution in [0.3, 0.4) is 0 Å². The first-order chi connectivity index (χ1) is 11.2. The molecule has 0 unspecified atom stereocenters. The molecule has 0 atom stereocenters. The number of aryl methyl sites for hydroxylation is 1. The Balaban J connectivity index is 0.00000208. The molecule has 0 amide bonds. The molecule has 1 saturated heterocycles. The Morgan fingerprint density at radius 2 is 2.08 bits per heavy atom. The molecule has 3 heterocycles. The van der Waals surface area contributed by atoms with Crippen molar-refractivity contribution in [3.8, 4) is 0 Å². The zero-order valence-electron chi connectivity index (χ0n) is 13.8. The molecule has 0 bridgehead atoms. The van der Waals surface area contributed by atoms with Gasteiger partial charge >= 0.3 is 0 Å². The molecule has 1 aliphatic rings. The lowest BCUT2D eigenvalue weighted by molar-refractivity contribution is 0.168. The quantitative estimate of drug-likeness (QED) is 0.420. The molecule has 0 saturated carbocycles. The highest BCUT2D eigenvalue weighted by Crippen LogP contribution is 2.07. The second-order valence-corrected chi connectivity index (χ2v) is 5.39. The van der Waals surface area contributed by atoms with Crippen molar-refractivity contribution in [3.63, 3.8) is 0 Å². The first-order valence-electron chi connectivity index (χ1n) is 7.61. The van der Waals surface area contributed by atoms with Crippen molar-refractivity contribution in [1.82, 2.24) is 30.4 Å². The zero-order chi connectivity index (χ0) is 16.1. The number of piperazine rings is 1.